The maximum atomic E-state index is 6.08. The number of nitrogens with two attached hydrogens (primary N) is 1. The quantitative estimate of drug-likeness (QED) is 0.540. The fourth-order valence-corrected chi connectivity index (χ4v) is 2.48. The Hall–Kier alpha value is -0.300. The molecule has 14 heavy (non-hydrogen) atoms. The second-order valence-corrected chi connectivity index (χ2v) is 5.00. The average Bonchev–Trinajstić information content (AvgIpc) is 2.31. The first-order valence-electron chi connectivity index (χ1n) is 6.09. The van der Waals surface area contributed by atoms with Crippen LogP contribution in [0.15, 0.2) is 11.6 Å². The first-order valence-corrected chi connectivity index (χ1v) is 6.09. The standard InChI is InChI=1S/C13H25N/c1-11(2)9-13(14)10-12-7-5-3-4-6-8-12/h9,12-13H,3-8,10,14H2,1-2H3. The summed E-state index contributed by atoms with van der Waals surface area (Å²) in [5, 5.41) is 0. The molecule has 0 aromatic carbocycles. The van der Waals surface area contributed by atoms with Crippen molar-refractivity contribution in [2.75, 3.05) is 0 Å². The molecule has 1 rings (SSSR count). The van der Waals surface area contributed by atoms with Gasteiger partial charge in [0.25, 0.3) is 0 Å². The third-order valence-electron chi connectivity index (χ3n) is 3.13. The number of allylic oxidation sites excluding steroid dienone is 1. The lowest BCUT2D eigenvalue weighted by Gasteiger charge is -2.17. The summed E-state index contributed by atoms with van der Waals surface area (Å²) in [5.74, 6) is 0.892. The van der Waals surface area contributed by atoms with Crippen LogP contribution in [0, 0.1) is 5.92 Å². The van der Waals surface area contributed by atoms with Gasteiger partial charge in [-0.3, -0.25) is 0 Å². The van der Waals surface area contributed by atoms with E-state index < -0.39 is 0 Å². The lowest BCUT2D eigenvalue weighted by molar-refractivity contribution is 0.410. The molecule has 1 unspecified atom stereocenters. The molecule has 0 aliphatic heterocycles. The lowest BCUT2D eigenvalue weighted by atomic mass is 9.92. The van der Waals surface area contributed by atoms with E-state index in [2.05, 4.69) is 19.9 Å². The fraction of sp³-hybridized carbons (Fsp3) is 0.846. The molecule has 0 saturated heterocycles. The molecule has 1 aliphatic carbocycles. The summed E-state index contributed by atoms with van der Waals surface area (Å²) in [7, 11) is 0. The molecule has 1 fully saturated rings. The zero-order chi connectivity index (χ0) is 10.4. The Bertz CT molecular complexity index is 172. The Kier molecular flexibility index (Phi) is 5.24. The molecule has 2 N–H and O–H groups in total. The highest BCUT2D eigenvalue weighted by atomic mass is 14.6. The van der Waals surface area contributed by atoms with Crippen LogP contribution >= 0.6 is 0 Å². The lowest BCUT2D eigenvalue weighted by Crippen LogP contribution is -2.21. The van der Waals surface area contributed by atoms with Crippen molar-refractivity contribution in [3.8, 4) is 0 Å². The molecule has 0 radical (unpaired) electrons. The minimum Gasteiger partial charge on any atom is -0.324 e. The minimum absolute atomic E-state index is 0.295. The van der Waals surface area contributed by atoms with Crippen molar-refractivity contribution in [1.29, 1.82) is 0 Å². The topological polar surface area (TPSA) is 26.0 Å². The zero-order valence-corrected chi connectivity index (χ0v) is 9.76. The van der Waals surface area contributed by atoms with Gasteiger partial charge < -0.3 is 5.73 Å². The van der Waals surface area contributed by atoms with Crippen LogP contribution in [0.5, 0.6) is 0 Å². The smallest absolute Gasteiger partial charge is 0.0228 e. The van der Waals surface area contributed by atoms with Crippen LogP contribution in [0.1, 0.15) is 58.8 Å². The summed E-state index contributed by atoms with van der Waals surface area (Å²) >= 11 is 0. The summed E-state index contributed by atoms with van der Waals surface area (Å²) in [6, 6.07) is 0.295. The van der Waals surface area contributed by atoms with Gasteiger partial charge in [0.05, 0.1) is 0 Å². The van der Waals surface area contributed by atoms with E-state index in [0.29, 0.717) is 6.04 Å². The van der Waals surface area contributed by atoms with Crippen molar-refractivity contribution >= 4 is 0 Å². The van der Waals surface area contributed by atoms with Gasteiger partial charge in [-0.2, -0.15) is 0 Å². The normalized spacial score (nSPS) is 21.4. The molecule has 0 bridgehead atoms. The van der Waals surface area contributed by atoms with Crippen molar-refractivity contribution in [3.05, 3.63) is 11.6 Å². The SMILES string of the molecule is CC(C)=CC(N)CC1CCCCCC1. The first-order chi connectivity index (χ1) is 6.68. The van der Waals surface area contributed by atoms with E-state index in [0.717, 1.165) is 5.92 Å². The van der Waals surface area contributed by atoms with E-state index in [-0.39, 0.29) is 0 Å². The minimum atomic E-state index is 0.295. The summed E-state index contributed by atoms with van der Waals surface area (Å²) in [5.41, 5.74) is 7.43. The molecule has 0 aromatic rings. The molecule has 1 heteroatoms. The van der Waals surface area contributed by atoms with Crippen LogP contribution in [0.25, 0.3) is 0 Å². The molecule has 0 aromatic heterocycles. The van der Waals surface area contributed by atoms with Crippen molar-refractivity contribution < 1.29 is 0 Å². The summed E-state index contributed by atoms with van der Waals surface area (Å²) in [6.07, 6.45) is 12.0. The Labute approximate surface area is 88.8 Å². The van der Waals surface area contributed by atoms with E-state index >= 15 is 0 Å². The van der Waals surface area contributed by atoms with Crippen LogP contribution in [0.2, 0.25) is 0 Å². The average molecular weight is 195 g/mol. The Morgan fingerprint density at radius 3 is 2.29 bits per heavy atom. The van der Waals surface area contributed by atoms with Gasteiger partial charge in [-0.15, -0.1) is 0 Å². The maximum Gasteiger partial charge on any atom is 0.0228 e. The molecule has 1 saturated carbocycles. The van der Waals surface area contributed by atoms with Gasteiger partial charge >= 0.3 is 0 Å². The summed E-state index contributed by atoms with van der Waals surface area (Å²) < 4.78 is 0. The molecule has 0 amide bonds. The number of rotatable bonds is 3. The molecule has 0 heterocycles. The highest BCUT2D eigenvalue weighted by molar-refractivity contribution is 5.00. The second-order valence-electron chi connectivity index (χ2n) is 5.00. The van der Waals surface area contributed by atoms with Crippen molar-refractivity contribution in [1.82, 2.24) is 0 Å². The third-order valence-corrected chi connectivity index (χ3v) is 3.13. The predicted octanol–water partition coefficient (Wildman–Crippen LogP) is 3.64. The van der Waals surface area contributed by atoms with Crippen molar-refractivity contribution in [2.24, 2.45) is 11.7 Å². The van der Waals surface area contributed by atoms with Crippen molar-refractivity contribution in [3.63, 3.8) is 0 Å². The highest BCUT2D eigenvalue weighted by Gasteiger charge is 2.14. The summed E-state index contributed by atoms with van der Waals surface area (Å²) in [6.45, 7) is 4.26. The van der Waals surface area contributed by atoms with E-state index in [4.69, 9.17) is 5.73 Å². The maximum absolute atomic E-state index is 6.08. The van der Waals surface area contributed by atoms with Crippen LogP contribution in [-0.4, -0.2) is 6.04 Å². The van der Waals surface area contributed by atoms with E-state index in [1.165, 1.54) is 50.5 Å². The van der Waals surface area contributed by atoms with E-state index in [1.54, 1.807) is 0 Å². The monoisotopic (exact) mass is 195 g/mol. The van der Waals surface area contributed by atoms with Gasteiger partial charge in [0, 0.05) is 6.04 Å². The van der Waals surface area contributed by atoms with Gasteiger partial charge in [0.2, 0.25) is 0 Å². The Morgan fingerprint density at radius 2 is 1.79 bits per heavy atom. The second kappa shape index (κ2) is 6.23. The highest BCUT2D eigenvalue weighted by Crippen LogP contribution is 2.26. The van der Waals surface area contributed by atoms with E-state index in [9.17, 15) is 0 Å². The van der Waals surface area contributed by atoms with Gasteiger partial charge in [0.15, 0.2) is 0 Å². The zero-order valence-electron chi connectivity index (χ0n) is 9.76. The number of hydrogen-bond acceptors (Lipinski definition) is 1. The first kappa shape index (κ1) is 11.8. The Morgan fingerprint density at radius 1 is 1.21 bits per heavy atom. The van der Waals surface area contributed by atoms with Crippen molar-refractivity contribution in [2.45, 2.75) is 64.8 Å². The van der Waals surface area contributed by atoms with Gasteiger partial charge in [-0.25, -0.2) is 0 Å². The van der Waals surface area contributed by atoms with Crippen LogP contribution in [-0.2, 0) is 0 Å². The molecule has 82 valence electrons. The molecule has 1 aliphatic rings. The van der Waals surface area contributed by atoms with E-state index in [1.807, 2.05) is 0 Å². The molecule has 0 spiro atoms. The van der Waals surface area contributed by atoms with Crippen LogP contribution < -0.4 is 5.73 Å². The van der Waals surface area contributed by atoms with Gasteiger partial charge in [-0.05, 0) is 26.2 Å². The third kappa shape index (κ3) is 4.80. The molecular weight excluding hydrogens is 170 g/mol. The predicted molar refractivity (Wildman–Crippen MR) is 63.2 cm³/mol. The summed E-state index contributed by atoms with van der Waals surface area (Å²) in [4.78, 5) is 0. The van der Waals surface area contributed by atoms with Gasteiger partial charge in [0.1, 0.15) is 0 Å². The van der Waals surface area contributed by atoms with Gasteiger partial charge in [-0.1, -0.05) is 50.2 Å². The Balaban J connectivity index is 2.30. The van der Waals surface area contributed by atoms with Crippen LogP contribution in [0.3, 0.4) is 0 Å². The number of hydrogen-bond donors (Lipinski definition) is 1. The molecule has 1 nitrogen and oxygen atoms in total. The largest absolute Gasteiger partial charge is 0.324 e. The van der Waals surface area contributed by atoms with Crippen LogP contribution in [0.4, 0.5) is 0 Å². The molecule has 1 atom stereocenters. The molecular formula is C13H25N. The fourth-order valence-electron chi connectivity index (χ4n) is 2.48.